The monoisotopic (exact) mass is 560 g/mol. The number of halogens is 6. The standard InChI is InChI=1S/C17H24N4OS.2C2HF3O2/c1-12-16(13(2)22-19-12)7-21-10-17(11-21)4-5-20(9-17)6-15-8-23-14(3)18-15;2*3-2(4,5)1(6)7/h8H,4-7,9-11H2,1-3H3;2*(H,6,7). The molecule has 0 aliphatic carbocycles. The first kappa shape index (κ1) is 30.5. The molecule has 208 valence electrons. The molecule has 0 atom stereocenters. The van der Waals surface area contributed by atoms with E-state index in [1.165, 1.54) is 48.9 Å². The molecule has 0 aromatic carbocycles. The highest BCUT2D eigenvalue weighted by Gasteiger charge is 2.47. The Balaban J connectivity index is 0.000000286. The van der Waals surface area contributed by atoms with Crippen LogP contribution in [0.5, 0.6) is 0 Å². The minimum absolute atomic E-state index is 0.504. The molecule has 0 saturated carbocycles. The number of carboxylic acids is 2. The van der Waals surface area contributed by atoms with E-state index in [-0.39, 0.29) is 0 Å². The maximum Gasteiger partial charge on any atom is 0.490 e. The molecule has 0 unspecified atom stereocenters. The maximum absolute atomic E-state index is 10.6. The highest BCUT2D eigenvalue weighted by Crippen LogP contribution is 2.41. The van der Waals surface area contributed by atoms with Crippen LogP contribution in [0.2, 0.25) is 0 Å². The van der Waals surface area contributed by atoms with Crippen LogP contribution in [0.4, 0.5) is 26.3 Å². The van der Waals surface area contributed by atoms with Crippen molar-refractivity contribution in [1.29, 1.82) is 0 Å². The number of hydrogen-bond acceptors (Lipinski definition) is 8. The summed E-state index contributed by atoms with van der Waals surface area (Å²) in [7, 11) is 0. The van der Waals surface area contributed by atoms with E-state index >= 15 is 0 Å². The lowest BCUT2D eigenvalue weighted by molar-refractivity contribution is -0.193. The van der Waals surface area contributed by atoms with Crippen LogP contribution >= 0.6 is 11.3 Å². The summed E-state index contributed by atoms with van der Waals surface area (Å²) in [5.41, 5.74) is 4.05. The van der Waals surface area contributed by atoms with Crippen molar-refractivity contribution in [2.45, 2.75) is 52.6 Å². The molecular weight excluding hydrogens is 534 g/mol. The molecule has 16 heteroatoms. The van der Waals surface area contributed by atoms with Crippen molar-refractivity contribution in [1.82, 2.24) is 19.9 Å². The summed E-state index contributed by atoms with van der Waals surface area (Å²) >= 11 is 1.75. The summed E-state index contributed by atoms with van der Waals surface area (Å²) in [5, 5.41) is 21.7. The predicted molar refractivity (Wildman–Crippen MR) is 118 cm³/mol. The molecule has 2 aliphatic heterocycles. The molecule has 0 amide bonds. The third kappa shape index (κ3) is 8.96. The van der Waals surface area contributed by atoms with Gasteiger partial charge in [-0.15, -0.1) is 11.3 Å². The van der Waals surface area contributed by atoms with E-state index in [4.69, 9.17) is 24.3 Å². The van der Waals surface area contributed by atoms with Gasteiger partial charge < -0.3 is 14.7 Å². The molecule has 2 aromatic rings. The summed E-state index contributed by atoms with van der Waals surface area (Å²) in [6.45, 7) is 12.9. The largest absolute Gasteiger partial charge is 0.490 e. The van der Waals surface area contributed by atoms with Gasteiger partial charge in [-0.2, -0.15) is 26.3 Å². The van der Waals surface area contributed by atoms with E-state index < -0.39 is 24.3 Å². The van der Waals surface area contributed by atoms with Crippen molar-refractivity contribution in [2.24, 2.45) is 5.41 Å². The first-order valence-corrected chi connectivity index (χ1v) is 11.7. The van der Waals surface area contributed by atoms with Gasteiger partial charge in [0.25, 0.3) is 0 Å². The number of likely N-dealkylation sites (tertiary alicyclic amines) is 2. The maximum atomic E-state index is 10.6. The van der Waals surface area contributed by atoms with Crippen molar-refractivity contribution >= 4 is 23.3 Å². The zero-order valence-corrected chi connectivity index (χ0v) is 20.9. The Bertz CT molecular complexity index is 1030. The highest BCUT2D eigenvalue weighted by molar-refractivity contribution is 7.09. The number of rotatable bonds is 4. The van der Waals surface area contributed by atoms with E-state index in [1.807, 2.05) is 13.8 Å². The number of carboxylic acid groups (broad SMARTS) is 2. The lowest BCUT2D eigenvalue weighted by atomic mass is 9.79. The van der Waals surface area contributed by atoms with Crippen molar-refractivity contribution in [2.75, 3.05) is 26.2 Å². The van der Waals surface area contributed by atoms with Gasteiger partial charge >= 0.3 is 24.3 Å². The second-order valence-corrected chi connectivity index (χ2v) is 9.93. The average molecular weight is 561 g/mol. The Morgan fingerprint density at radius 3 is 1.92 bits per heavy atom. The summed E-state index contributed by atoms with van der Waals surface area (Å²) < 4.78 is 68.7. The Kier molecular flexibility index (Phi) is 9.70. The Morgan fingerprint density at radius 2 is 1.51 bits per heavy atom. The number of alkyl halides is 6. The smallest absolute Gasteiger partial charge is 0.475 e. The fourth-order valence-corrected chi connectivity index (χ4v) is 4.70. The normalized spacial score (nSPS) is 17.4. The Hall–Kier alpha value is -2.72. The van der Waals surface area contributed by atoms with E-state index in [0.29, 0.717) is 5.41 Å². The van der Waals surface area contributed by atoms with Crippen LogP contribution in [0.3, 0.4) is 0 Å². The Labute approximate surface area is 211 Å². The number of nitrogens with zero attached hydrogens (tertiary/aromatic N) is 4. The number of carbonyl (C=O) groups is 2. The minimum Gasteiger partial charge on any atom is -0.475 e. The quantitative estimate of drug-likeness (QED) is 0.534. The average Bonchev–Trinajstić information content (AvgIpc) is 3.43. The lowest BCUT2D eigenvalue weighted by Gasteiger charge is -2.48. The highest BCUT2D eigenvalue weighted by atomic mass is 32.1. The molecule has 37 heavy (non-hydrogen) atoms. The van der Waals surface area contributed by atoms with Gasteiger partial charge in [0.1, 0.15) is 5.76 Å². The van der Waals surface area contributed by atoms with Crippen molar-refractivity contribution in [3.8, 4) is 0 Å². The van der Waals surface area contributed by atoms with Gasteiger partial charge in [-0.3, -0.25) is 9.80 Å². The molecule has 4 heterocycles. The SMILES string of the molecule is Cc1nc(CN2CCC3(C2)CN(Cc2c(C)noc2C)C3)cs1.O=C(O)C(F)(F)F.O=C(O)C(F)(F)F. The van der Waals surface area contributed by atoms with Crippen LogP contribution in [-0.4, -0.2) is 80.6 Å². The molecule has 2 saturated heterocycles. The second-order valence-electron chi connectivity index (χ2n) is 8.87. The molecule has 0 radical (unpaired) electrons. The van der Waals surface area contributed by atoms with Gasteiger partial charge in [-0.05, 0) is 33.7 Å². The first-order valence-electron chi connectivity index (χ1n) is 10.8. The van der Waals surface area contributed by atoms with Gasteiger partial charge in [0.15, 0.2) is 0 Å². The minimum atomic E-state index is -5.08. The third-order valence-corrected chi connectivity index (χ3v) is 6.56. The summed E-state index contributed by atoms with van der Waals surface area (Å²) in [4.78, 5) is 27.5. The van der Waals surface area contributed by atoms with Crippen LogP contribution in [0.1, 0.15) is 34.1 Å². The second kappa shape index (κ2) is 11.8. The van der Waals surface area contributed by atoms with Crippen LogP contribution in [0, 0.1) is 26.2 Å². The molecule has 2 aliphatic rings. The fraction of sp³-hybridized carbons (Fsp3) is 0.619. The summed E-state index contributed by atoms with van der Waals surface area (Å²) in [6, 6.07) is 0. The molecule has 9 nitrogen and oxygen atoms in total. The lowest BCUT2D eigenvalue weighted by Crippen LogP contribution is -2.56. The van der Waals surface area contributed by atoms with Crippen LogP contribution in [0.25, 0.3) is 0 Å². The van der Waals surface area contributed by atoms with E-state index in [9.17, 15) is 26.3 Å². The molecule has 2 N–H and O–H groups in total. The molecule has 0 bridgehead atoms. The van der Waals surface area contributed by atoms with Crippen molar-refractivity contribution in [3.63, 3.8) is 0 Å². The number of aliphatic carboxylic acids is 2. The van der Waals surface area contributed by atoms with E-state index in [0.717, 1.165) is 24.5 Å². The summed E-state index contributed by atoms with van der Waals surface area (Å²) in [5.74, 6) is -4.55. The first-order chi connectivity index (χ1) is 16.9. The van der Waals surface area contributed by atoms with Gasteiger partial charge in [-0.25, -0.2) is 14.6 Å². The molecule has 4 rings (SSSR count). The van der Waals surface area contributed by atoms with Gasteiger partial charge in [-0.1, -0.05) is 5.16 Å². The number of aryl methyl sites for hydroxylation is 3. The van der Waals surface area contributed by atoms with Crippen molar-refractivity contribution in [3.05, 3.63) is 33.1 Å². The summed E-state index contributed by atoms with van der Waals surface area (Å²) in [6.07, 6.45) is -8.85. The number of aromatic nitrogens is 2. The number of thiazole rings is 1. The molecule has 1 spiro atoms. The fourth-order valence-electron chi connectivity index (χ4n) is 4.10. The third-order valence-electron chi connectivity index (χ3n) is 5.74. The molecular formula is C21H26F6N4O5S. The topological polar surface area (TPSA) is 120 Å². The van der Waals surface area contributed by atoms with Crippen LogP contribution in [0.15, 0.2) is 9.90 Å². The zero-order chi connectivity index (χ0) is 28.2. The van der Waals surface area contributed by atoms with Crippen LogP contribution < -0.4 is 0 Å². The van der Waals surface area contributed by atoms with Crippen LogP contribution in [-0.2, 0) is 22.7 Å². The molecule has 2 aromatic heterocycles. The van der Waals surface area contributed by atoms with E-state index in [1.54, 1.807) is 11.3 Å². The van der Waals surface area contributed by atoms with E-state index in [2.05, 4.69) is 32.2 Å². The van der Waals surface area contributed by atoms with Crippen molar-refractivity contribution < 1.29 is 50.7 Å². The zero-order valence-electron chi connectivity index (χ0n) is 20.1. The molecule has 2 fully saturated rings. The predicted octanol–water partition coefficient (Wildman–Crippen LogP) is 4.03. The number of hydrogen-bond donors (Lipinski definition) is 2. The van der Waals surface area contributed by atoms with Gasteiger partial charge in [0.2, 0.25) is 0 Å². The Morgan fingerprint density at radius 1 is 1.00 bits per heavy atom. The van der Waals surface area contributed by atoms with Gasteiger partial charge in [0, 0.05) is 49.1 Å². The van der Waals surface area contributed by atoms with Gasteiger partial charge in [0.05, 0.1) is 16.4 Å².